The first-order valence-electron chi connectivity index (χ1n) is 3.53. The van der Waals surface area contributed by atoms with Gasteiger partial charge in [-0.05, 0) is 12.1 Å². The Hall–Kier alpha value is -1.33. The summed E-state index contributed by atoms with van der Waals surface area (Å²) in [5.74, 6) is 0. The Balaban J connectivity index is 2.91. The zero-order valence-corrected chi connectivity index (χ0v) is 7.28. The van der Waals surface area contributed by atoms with Crippen molar-refractivity contribution in [1.82, 2.24) is 0 Å². The Bertz CT molecular complexity index is 538. The lowest BCUT2D eigenvalue weighted by molar-refractivity contribution is 0.481. The van der Waals surface area contributed by atoms with E-state index in [9.17, 15) is 8.42 Å². The van der Waals surface area contributed by atoms with Crippen LogP contribution >= 0.6 is 0 Å². The van der Waals surface area contributed by atoms with Gasteiger partial charge < -0.3 is 4.42 Å². The molecule has 0 saturated heterocycles. The maximum absolute atomic E-state index is 10.8. The van der Waals surface area contributed by atoms with Crippen LogP contribution in [0.2, 0.25) is 0 Å². The van der Waals surface area contributed by atoms with Gasteiger partial charge >= 0.3 is 0 Å². The molecule has 0 aliphatic rings. The van der Waals surface area contributed by atoms with Gasteiger partial charge in [-0.1, -0.05) is 12.1 Å². The molecule has 2 rings (SSSR count). The number of para-hydroxylation sites is 1. The van der Waals surface area contributed by atoms with Crippen LogP contribution < -0.4 is 0 Å². The normalized spacial score (nSPS) is 12.1. The smallest absolute Gasteiger partial charge is 0.298 e. The highest BCUT2D eigenvalue weighted by Crippen LogP contribution is 2.23. The SMILES string of the molecule is O=S(=O)(O)c1cccc2ccoc12. The van der Waals surface area contributed by atoms with Crippen molar-refractivity contribution in [3.05, 3.63) is 30.5 Å². The Morgan fingerprint density at radius 3 is 2.69 bits per heavy atom. The van der Waals surface area contributed by atoms with E-state index < -0.39 is 10.1 Å². The Labute approximate surface area is 74.5 Å². The minimum absolute atomic E-state index is 0.185. The van der Waals surface area contributed by atoms with Crippen molar-refractivity contribution in [1.29, 1.82) is 0 Å². The molecule has 0 amide bonds. The van der Waals surface area contributed by atoms with E-state index in [1.54, 1.807) is 18.2 Å². The maximum atomic E-state index is 10.8. The van der Waals surface area contributed by atoms with E-state index in [2.05, 4.69) is 0 Å². The van der Waals surface area contributed by atoms with Gasteiger partial charge in [0, 0.05) is 5.39 Å². The molecule has 4 nitrogen and oxygen atoms in total. The zero-order valence-electron chi connectivity index (χ0n) is 6.47. The molecule has 1 N–H and O–H groups in total. The van der Waals surface area contributed by atoms with Crippen LogP contribution in [0.4, 0.5) is 0 Å². The minimum Gasteiger partial charge on any atom is -0.463 e. The largest absolute Gasteiger partial charge is 0.463 e. The number of fused-ring (bicyclic) bond motifs is 1. The van der Waals surface area contributed by atoms with E-state index in [-0.39, 0.29) is 10.5 Å². The summed E-state index contributed by atoms with van der Waals surface area (Å²) < 4.78 is 35.4. The van der Waals surface area contributed by atoms with Crippen molar-refractivity contribution in [3.8, 4) is 0 Å². The highest BCUT2D eigenvalue weighted by molar-refractivity contribution is 7.86. The van der Waals surface area contributed by atoms with Gasteiger partial charge in [-0.3, -0.25) is 4.55 Å². The van der Waals surface area contributed by atoms with Crippen LogP contribution in [-0.4, -0.2) is 13.0 Å². The zero-order chi connectivity index (χ0) is 9.47. The second-order valence-corrected chi connectivity index (χ2v) is 3.96. The van der Waals surface area contributed by atoms with Gasteiger partial charge in [0.15, 0.2) is 5.58 Å². The molecule has 0 aliphatic carbocycles. The molecule has 0 spiro atoms. The molecule has 68 valence electrons. The number of benzene rings is 1. The van der Waals surface area contributed by atoms with Crippen molar-refractivity contribution in [2.75, 3.05) is 0 Å². The molecule has 1 aromatic heterocycles. The first kappa shape index (κ1) is 8.28. The summed E-state index contributed by atoms with van der Waals surface area (Å²) in [5, 5.41) is 0.648. The molecule has 13 heavy (non-hydrogen) atoms. The number of hydrogen-bond acceptors (Lipinski definition) is 3. The van der Waals surface area contributed by atoms with E-state index in [0.29, 0.717) is 5.39 Å². The topological polar surface area (TPSA) is 67.5 Å². The molecular formula is C8H6O4S. The average molecular weight is 198 g/mol. The summed E-state index contributed by atoms with van der Waals surface area (Å²) in [6, 6.07) is 6.17. The molecule has 5 heteroatoms. The molecular weight excluding hydrogens is 192 g/mol. The lowest BCUT2D eigenvalue weighted by atomic mass is 10.3. The summed E-state index contributed by atoms with van der Waals surface area (Å²) in [7, 11) is -4.19. The first-order chi connectivity index (χ1) is 6.09. The van der Waals surface area contributed by atoms with Crippen LogP contribution in [0.25, 0.3) is 11.0 Å². The number of hydrogen-bond donors (Lipinski definition) is 1. The van der Waals surface area contributed by atoms with E-state index in [0.717, 1.165) is 0 Å². The van der Waals surface area contributed by atoms with Crippen molar-refractivity contribution < 1.29 is 17.4 Å². The molecule has 1 heterocycles. The predicted octanol–water partition coefficient (Wildman–Crippen LogP) is 1.68. The summed E-state index contributed by atoms with van der Waals surface area (Å²) in [5.41, 5.74) is 0.185. The van der Waals surface area contributed by atoms with E-state index >= 15 is 0 Å². The van der Waals surface area contributed by atoms with E-state index in [4.69, 9.17) is 8.97 Å². The highest BCUT2D eigenvalue weighted by Gasteiger charge is 2.15. The fraction of sp³-hybridized carbons (Fsp3) is 0. The third kappa shape index (κ3) is 1.32. The van der Waals surface area contributed by atoms with Crippen molar-refractivity contribution >= 4 is 21.1 Å². The Morgan fingerprint density at radius 2 is 2.00 bits per heavy atom. The summed E-state index contributed by atoms with van der Waals surface area (Å²) in [6.07, 6.45) is 1.37. The van der Waals surface area contributed by atoms with Gasteiger partial charge in [-0.15, -0.1) is 0 Å². The van der Waals surface area contributed by atoms with Crippen LogP contribution in [0.5, 0.6) is 0 Å². The van der Waals surface area contributed by atoms with Gasteiger partial charge in [0.25, 0.3) is 10.1 Å². The number of rotatable bonds is 1. The third-order valence-electron chi connectivity index (χ3n) is 1.72. The maximum Gasteiger partial charge on any atom is 0.298 e. The lowest BCUT2D eigenvalue weighted by Gasteiger charge is -1.96. The first-order valence-corrected chi connectivity index (χ1v) is 4.97. The fourth-order valence-electron chi connectivity index (χ4n) is 1.17. The van der Waals surface area contributed by atoms with Crippen LogP contribution in [0.1, 0.15) is 0 Å². The Kier molecular flexibility index (Phi) is 1.64. The van der Waals surface area contributed by atoms with Crippen LogP contribution in [0.3, 0.4) is 0 Å². The second-order valence-electron chi connectivity index (χ2n) is 2.57. The Morgan fingerprint density at radius 1 is 1.23 bits per heavy atom. The molecule has 0 aliphatic heterocycles. The lowest BCUT2D eigenvalue weighted by Crippen LogP contribution is -1.97. The molecule has 2 aromatic rings. The monoisotopic (exact) mass is 198 g/mol. The van der Waals surface area contributed by atoms with Gasteiger partial charge in [0.1, 0.15) is 4.90 Å². The third-order valence-corrected chi connectivity index (χ3v) is 2.60. The van der Waals surface area contributed by atoms with Crippen LogP contribution in [0.15, 0.2) is 39.8 Å². The molecule has 0 radical (unpaired) electrons. The fourth-order valence-corrected chi connectivity index (χ4v) is 1.82. The standard InChI is InChI=1S/C8H6O4S/c9-13(10,11)7-3-1-2-6-4-5-12-8(6)7/h1-5H,(H,9,10,11). The van der Waals surface area contributed by atoms with Gasteiger partial charge in [0.05, 0.1) is 6.26 Å². The molecule has 0 bridgehead atoms. The molecule has 1 aromatic carbocycles. The van der Waals surface area contributed by atoms with E-state index in [1.165, 1.54) is 12.3 Å². The van der Waals surface area contributed by atoms with Crippen LogP contribution in [0, 0.1) is 0 Å². The molecule has 0 unspecified atom stereocenters. The van der Waals surface area contributed by atoms with Crippen molar-refractivity contribution in [2.45, 2.75) is 4.90 Å². The van der Waals surface area contributed by atoms with Crippen molar-refractivity contribution in [3.63, 3.8) is 0 Å². The van der Waals surface area contributed by atoms with Crippen molar-refractivity contribution in [2.24, 2.45) is 0 Å². The molecule has 0 atom stereocenters. The second kappa shape index (κ2) is 2.58. The minimum atomic E-state index is -4.19. The van der Waals surface area contributed by atoms with Crippen LogP contribution in [-0.2, 0) is 10.1 Å². The average Bonchev–Trinajstić information content (AvgIpc) is 2.48. The number of furan rings is 1. The summed E-state index contributed by atoms with van der Waals surface area (Å²) >= 11 is 0. The summed E-state index contributed by atoms with van der Waals surface area (Å²) in [4.78, 5) is -0.199. The molecule has 0 saturated carbocycles. The highest BCUT2D eigenvalue weighted by atomic mass is 32.2. The summed E-state index contributed by atoms with van der Waals surface area (Å²) in [6.45, 7) is 0. The van der Waals surface area contributed by atoms with Gasteiger partial charge in [-0.2, -0.15) is 8.42 Å². The van der Waals surface area contributed by atoms with Gasteiger partial charge in [0.2, 0.25) is 0 Å². The molecule has 0 fully saturated rings. The predicted molar refractivity (Wildman–Crippen MR) is 46.0 cm³/mol. The quantitative estimate of drug-likeness (QED) is 0.708. The van der Waals surface area contributed by atoms with Gasteiger partial charge in [-0.25, -0.2) is 0 Å². The van der Waals surface area contributed by atoms with E-state index in [1.807, 2.05) is 0 Å².